The molecule has 0 atom stereocenters. The summed E-state index contributed by atoms with van der Waals surface area (Å²) in [5.74, 6) is 5.49. The highest BCUT2D eigenvalue weighted by Crippen LogP contribution is 2.23. The first-order valence-corrected chi connectivity index (χ1v) is 6.69. The van der Waals surface area contributed by atoms with Gasteiger partial charge in [0.05, 0.1) is 0 Å². The van der Waals surface area contributed by atoms with E-state index in [2.05, 4.69) is 11.8 Å². The summed E-state index contributed by atoms with van der Waals surface area (Å²) in [6.45, 7) is -0.148. The molecule has 0 spiro atoms. The Morgan fingerprint density at radius 2 is 1.95 bits per heavy atom. The molecule has 100 valence electrons. The van der Waals surface area contributed by atoms with Crippen LogP contribution in [0.25, 0.3) is 0 Å². The minimum absolute atomic E-state index is 0.0774. The van der Waals surface area contributed by atoms with Crippen molar-refractivity contribution in [3.05, 3.63) is 35.4 Å². The SMILES string of the molecule is CN(C(=O)c1ccc(C#CCO)cc1)C1CCCC1. The van der Waals surface area contributed by atoms with Crippen molar-refractivity contribution in [1.82, 2.24) is 4.90 Å². The van der Waals surface area contributed by atoms with Gasteiger partial charge in [-0.3, -0.25) is 4.79 Å². The number of benzene rings is 1. The van der Waals surface area contributed by atoms with Gasteiger partial charge in [-0.25, -0.2) is 0 Å². The minimum atomic E-state index is -0.148. The van der Waals surface area contributed by atoms with Crippen molar-refractivity contribution >= 4 is 5.91 Å². The van der Waals surface area contributed by atoms with Crippen LogP contribution < -0.4 is 0 Å². The van der Waals surface area contributed by atoms with E-state index in [9.17, 15) is 4.79 Å². The third-order valence-electron chi connectivity index (χ3n) is 3.64. The molecule has 0 bridgehead atoms. The molecule has 0 radical (unpaired) electrons. The molecule has 1 N–H and O–H groups in total. The Morgan fingerprint density at radius 1 is 1.32 bits per heavy atom. The third-order valence-corrected chi connectivity index (χ3v) is 3.64. The van der Waals surface area contributed by atoms with Gasteiger partial charge in [0.1, 0.15) is 6.61 Å². The number of hydrogen-bond donors (Lipinski definition) is 1. The van der Waals surface area contributed by atoms with Gasteiger partial charge < -0.3 is 10.0 Å². The van der Waals surface area contributed by atoms with Crippen molar-refractivity contribution in [3.8, 4) is 11.8 Å². The Bertz CT molecular complexity index is 490. The summed E-state index contributed by atoms with van der Waals surface area (Å²) in [7, 11) is 1.89. The Labute approximate surface area is 114 Å². The molecule has 1 aromatic carbocycles. The molecule has 0 unspecified atom stereocenters. The average molecular weight is 257 g/mol. The molecule has 1 aliphatic rings. The van der Waals surface area contributed by atoms with Gasteiger partial charge in [0, 0.05) is 24.2 Å². The molecule has 1 aliphatic carbocycles. The Balaban J connectivity index is 2.06. The largest absolute Gasteiger partial charge is 0.384 e. The summed E-state index contributed by atoms with van der Waals surface area (Å²) in [5, 5.41) is 8.63. The molecule has 3 nitrogen and oxygen atoms in total. The number of hydrogen-bond acceptors (Lipinski definition) is 2. The molecule has 0 aromatic heterocycles. The van der Waals surface area contributed by atoms with Gasteiger partial charge in [0.25, 0.3) is 5.91 Å². The van der Waals surface area contributed by atoms with Gasteiger partial charge in [-0.05, 0) is 37.1 Å². The zero-order chi connectivity index (χ0) is 13.7. The average Bonchev–Trinajstić information content (AvgIpc) is 2.98. The number of carbonyl (C=O) groups is 1. The predicted molar refractivity (Wildman–Crippen MR) is 74.8 cm³/mol. The maximum Gasteiger partial charge on any atom is 0.253 e. The fraction of sp³-hybridized carbons (Fsp3) is 0.438. The lowest BCUT2D eigenvalue weighted by molar-refractivity contribution is 0.0735. The maximum absolute atomic E-state index is 12.3. The summed E-state index contributed by atoms with van der Waals surface area (Å²) in [6, 6.07) is 7.63. The van der Waals surface area contributed by atoms with Gasteiger partial charge in [0.2, 0.25) is 0 Å². The molecule has 1 aromatic rings. The van der Waals surface area contributed by atoms with E-state index in [1.165, 1.54) is 12.8 Å². The topological polar surface area (TPSA) is 40.5 Å². The van der Waals surface area contributed by atoms with Gasteiger partial charge in [-0.1, -0.05) is 24.7 Å². The fourth-order valence-electron chi connectivity index (χ4n) is 2.50. The van der Waals surface area contributed by atoms with Crippen LogP contribution in [-0.4, -0.2) is 35.6 Å². The Morgan fingerprint density at radius 3 is 2.53 bits per heavy atom. The summed E-state index contributed by atoms with van der Waals surface area (Å²) in [4.78, 5) is 14.2. The van der Waals surface area contributed by atoms with Gasteiger partial charge in [-0.2, -0.15) is 0 Å². The van der Waals surface area contributed by atoms with Gasteiger partial charge in [0.15, 0.2) is 0 Å². The number of rotatable bonds is 2. The van der Waals surface area contributed by atoms with Crippen LogP contribution in [0.3, 0.4) is 0 Å². The van der Waals surface area contributed by atoms with Gasteiger partial charge >= 0.3 is 0 Å². The van der Waals surface area contributed by atoms with E-state index < -0.39 is 0 Å². The summed E-state index contributed by atoms with van der Waals surface area (Å²) in [5.41, 5.74) is 1.51. The lowest BCUT2D eigenvalue weighted by Gasteiger charge is -2.24. The highest BCUT2D eigenvalue weighted by atomic mass is 16.2. The molecule has 19 heavy (non-hydrogen) atoms. The molecular formula is C16H19NO2. The molecule has 2 rings (SSSR count). The highest BCUT2D eigenvalue weighted by molar-refractivity contribution is 5.94. The minimum Gasteiger partial charge on any atom is -0.384 e. The lowest BCUT2D eigenvalue weighted by atomic mass is 10.1. The maximum atomic E-state index is 12.3. The molecular weight excluding hydrogens is 238 g/mol. The van der Waals surface area contributed by atoms with Crippen LogP contribution in [0.5, 0.6) is 0 Å². The standard InChI is InChI=1S/C16H19NO2/c1-17(15-6-2-3-7-15)16(19)14-10-8-13(9-11-14)5-4-12-18/h8-11,15,18H,2-3,6-7,12H2,1H3. The first-order valence-electron chi connectivity index (χ1n) is 6.69. The monoisotopic (exact) mass is 257 g/mol. The first-order chi connectivity index (χ1) is 9.22. The van der Waals surface area contributed by atoms with Crippen LogP contribution >= 0.6 is 0 Å². The van der Waals surface area contributed by atoms with Crippen molar-refractivity contribution in [2.45, 2.75) is 31.7 Å². The summed E-state index contributed by atoms with van der Waals surface area (Å²) >= 11 is 0. The summed E-state index contributed by atoms with van der Waals surface area (Å²) < 4.78 is 0. The second kappa shape index (κ2) is 6.40. The normalized spacial score (nSPS) is 14.8. The quantitative estimate of drug-likeness (QED) is 0.824. The van der Waals surface area contributed by atoms with Crippen molar-refractivity contribution in [3.63, 3.8) is 0 Å². The third kappa shape index (κ3) is 3.36. The fourth-order valence-corrected chi connectivity index (χ4v) is 2.50. The highest BCUT2D eigenvalue weighted by Gasteiger charge is 2.23. The van der Waals surface area contributed by atoms with E-state index in [1.807, 2.05) is 24.1 Å². The van der Waals surface area contributed by atoms with E-state index in [0.717, 1.165) is 18.4 Å². The number of aliphatic hydroxyl groups excluding tert-OH is 1. The van der Waals surface area contributed by atoms with Crippen molar-refractivity contribution < 1.29 is 9.90 Å². The van der Waals surface area contributed by atoms with E-state index in [4.69, 9.17) is 5.11 Å². The van der Waals surface area contributed by atoms with Crippen LogP contribution in [-0.2, 0) is 0 Å². The van der Waals surface area contributed by atoms with Crippen LogP contribution in [0.15, 0.2) is 24.3 Å². The first kappa shape index (κ1) is 13.6. The van der Waals surface area contributed by atoms with E-state index >= 15 is 0 Å². The predicted octanol–water partition coefficient (Wildman–Crippen LogP) is 2.04. The van der Waals surface area contributed by atoms with E-state index in [1.54, 1.807) is 12.1 Å². The molecule has 0 heterocycles. The van der Waals surface area contributed by atoms with Gasteiger partial charge in [-0.15, -0.1) is 0 Å². The molecule has 0 aliphatic heterocycles. The number of amides is 1. The number of aliphatic hydroxyl groups is 1. The Kier molecular flexibility index (Phi) is 4.59. The molecule has 3 heteroatoms. The Hall–Kier alpha value is -1.79. The molecule has 1 saturated carbocycles. The van der Waals surface area contributed by atoms with Crippen molar-refractivity contribution in [2.75, 3.05) is 13.7 Å². The second-order valence-electron chi connectivity index (χ2n) is 4.89. The van der Waals surface area contributed by atoms with Crippen LogP contribution in [0.1, 0.15) is 41.6 Å². The lowest BCUT2D eigenvalue weighted by Crippen LogP contribution is -2.35. The zero-order valence-electron chi connectivity index (χ0n) is 11.2. The molecule has 1 amide bonds. The zero-order valence-corrected chi connectivity index (χ0v) is 11.2. The van der Waals surface area contributed by atoms with Crippen LogP contribution in [0.4, 0.5) is 0 Å². The number of nitrogens with zero attached hydrogens (tertiary/aromatic N) is 1. The van der Waals surface area contributed by atoms with E-state index in [-0.39, 0.29) is 12.5 Å². The smallest absolute Gasteiger partial charge is 0.253 e. The van der Waals surface area contributed by atoms with Crippen LogP contribution in [0, 0.1) is 11.8 Å². The number of carbonyl (C=O) groups excluding carboxylic acids is 1. The molecule has 1 fully saturated rings. The van der Waals surface area contributed by atoms with Crippen LogP contribution in [0.2, 0.25) is 0 Å². The molecule has 0 saturated heterocycles. The van der Waals surface area contributed by atoms with E-state index in [0.29, 0.717) is 11.6 Å². The summed E-state index contributed by atoms with van der Waals surface area (Å²) in [6.07, 6.45) is 4.67. The van der Waals surface area contributed by atoms with Crippen molar-refractivity contribution in [1.29, 1.82) is 0 Å². The van der Waals surface area contributed by atoms with Crippen molar-refractivity contribution in [2.24, 2.45) is 0 Å². The second-order valence-corrected chi connectivity index (χ2v) is 4.89.